The van der Waals surface area contributed by atoms with Crippen LogP contribution in [-0.2, 0) is 0 Å². The molecule has 1 aromatic heterocycles. The second kappa shape index (κ2) is 7.09. The SMILES string of the molecule is NC(=O)c1ccccc1Oc1ccc(C(=O)NC2CN3CCC2CC3)s1. The molecule has 1 unspecified atom stereocenters. The standard InChI is InChI=1S/C19H21N3O3S/c20-18(23)13-3-1-2-4-15(13)25-17-6-5-16(26-17)19(24)21-14-11-22-9-7-12(14)8-10-22/h1-6,12,14H,7-11H2,(H2,20,23)(H,21,24). The minimum Gasteiger partial charge on any atom is -0.446 e. The summed E-state index contributed by atoms with van der Waals surface area (Å²) in [6.45, 7) is 3.23. The zero-order valence-electron chi connectivity index (χ0n) is 14.3. The fraction of sp³-hybridized carbons (Fsp3) is 0.368. The smallest absolute Gasteiger partial charge is 0.261 e. The second-order valence-electron chi connectivity index (χ2n) is 6.80. The number of carbonyl (C=O) groups excluding carboxylic acids is 2. The first kappa shape index (κ1) is 17.1. The summed E-state index contributed by atoms with van der Waals surface area (Å²) in [5.41, 5.74) is 5.69. The molecule has 1 atom stereocenters. The van der Waals surface area contributed by atoms with Gasteiger partial charge in [0.2, 0.25) is 0 Å². The number of nitrogens with one attached hydrogen (secondary N) is 1. The Morgan fingerprint density at radius 3 is 2.62 bits per heavy atom. The van der Waals surface area contributed by atoms with Gasteiger partial charge in [-0.1, -0.05) is 23.5 Å². The summed E-state index contributed by atoms with van der Waals surface area (Å²) >= 11 is 1.26. The van der Waals surface area contributed by atoms with Crippen LogP contribution in [0.2, 0.25) is 0 Å². The van der Waals surface area contributed by atoms with Crippen molar-refractivity contribution in [1.29, 1.82) is 0 Å². The number of para-hydroxylation sites is 1. The maximum Gasteiger partial charge on any atom is 0.261 e. The average molecular weight is 371 g/mol. The Bertz CT molecular complexity index is 827. The number of nitrogens with two attached hydrogens (primary N) is 1. The van der Waals surface area contributed by atoms with Crippen LogP contribution in [-0.4, -0.2) is 42.4 Å². The van der Waals surface area contributed by atoms with Gasteiger partial charge >= 0.3 is 0 Å². The van der Waals surface area contributed by atoms with Crippen LogP contribution in [0, 0.1) is 5.92 Å². The van der Waals surface area contributed by atoms with Gasteiger partial charge in [0.15, 0.2) is 5.06 Å². The molecule has 3 fully saturated rings. The normalized spacial score (nSPS) is 24.2. The zero-order chi connectivity index (χ0) is 18.1. The Kier molecular flexibility index (Phi) is 4.65. The summed E-state index contributed by atoms with van der Waals surface area (Å²) in [6, 6.07) is 10.5. The molecule has 0 radical (unpaired) electrons. The van der Waals surface area contributed by atoms with Crippen molar-refractivity contribution in [1.82, 2.24) is 10.2 Å². The van der Waals surface area contributed by atoms with Crippen LogP contribution in [0.3, 0.4) is 0 Å². The number of hydrogen-bond acceptors (Lipinski definition) is 5. The van der Waals surface area contributed by atoms with Gasteiger partial charge in [-0.05, 0) is 56.1 Å². The van der Waals surface area contributed by atoms with Crippen molar-refractivity contribution >= 4 is 23.2 Å². The van der Waals surface area contributed by atoms with Crippen LogP contribution in [0.15, 0.2) is 36.4 Å². The van der Waals surface area contributed by atoms with Crippen LogP contribution < -0.4 is 15.8 Å². The maximum atomic E-state index is 12.6. The van der Waals surface area contributed by atoms with Gasteiger partial charge in [-0.25, -0.2) is 0 Å². The third-order valence-corrected chi connectivity index (χ3v) is 6.10. The summed E-state index contributed by atoms with van der Waals surface area (Å²) < 4.78 is 5.77. The van der Waals surface area contributed by atoms with Crippen molar-refractivity contribution in [3.05, 3.63) is 46.8 Å². The fourth-order valence-corrected chi connectivity index (χ4v) is 4.50. The molecule has 3 N–H and O–H groups in total. The lowest BCUT2D eigenvalue weighted by Gasteiger charge is -2.44. The number of rotatable bonds is 5. The van der Waals surface area contributed by atoms with E-state index in [1.807, 2.05) is 0 Å². The molecule has 4 heterocycles. The monoisotopic (exact) mass is 371 g/mol. The van der Waals surface area contributed by atoms with Gasteiger partial charge in [0.05, 0.1) is 10.4 Å². The van der Waals surface area contributed by atoms with Crippen molar-refractivity contribution in [3.8, 4) is 10.8 Å². The third kappa shape index (κ3) is 3.45. The van der Waals surface area contributed by atoms with E-state index in [2.05, 4.69) is 10.2 Å². The summed E-state index contributed by atoms with van der Waals surface area (Å²) in [5, 5.41) is 3.73. The third-order valence-electron chi connectivity index (χ3n) is 5.14. The van der Waals surface area contributed by atoms with Crippen LogP contribution >= 0.6 is 11.3 Å². The Morgan fingerprint density at radius 2 is 1.92 bits per heavy atom. The number of carbonyl (C=O) groups is 2. The summed E-state index contributed by atoms with van der Waals surface area (Å²) in [6.07, 6.45) is 2.32. The topological polar surface area (TPSA) is 84.7 Å². The van der Waals surface area contributed by atoms with Gasteiger partial charge in [-0.3, -0.25) is 9.59 Å². The van der Waals surface area contributed by atoms with Gasteiger partial charge in [-0.2, -0.15) is 0 Å². The van der Waals surface area contributed by atoms with E-state index in [4.69, 9.17) is 10.5 Å². The van der Waals surface area contributed by atoms with Crippen LogP contribution in [0.4, 0.5) is 0 Å². The van der Waals surface area contributed by atoms with Gasteiger partial charge < -0.3 is 20.7 Å². The van der Waals surface area contributed by atoms with Crippen LogP contribution in [0.1, 0.15) is 32.9 Å². The lowest BCUT2D eigenvalue weighted by atomic mass is 9.84. The first-order valence-corrected chi connectivity index (χ1v) is 9.61. The van der Waals surface area contributed by atoms with Crippen molar-refractivity contribution in [2.75, 3.05) is 19.6 Å². The molecule has 0 aliphatic carbocycles. The summed E-state index contributed by atoms with van der Waals surface area (Å²) in [7, 11) is 0. The number of primary amides is 1. The lowest BCUT2D eigenvalue weighted by Crippen LogP contribution is -2.57. The molecule has 0 spiro atoms. The van der Waals surface area contributed by atoms with Gasteiger partial charge in [0.25, 0.3) is 11.8 Å². The molecule has 3 saturated heterocycles. The number of amides is 2. The molecular weight excluding hydrogens is 350 g/mol. The van der Waals surface area contributed by atoms with Crippen molar-refractivity contribution in [2.24, 2.45) is 11.7 Å². The molecule has 2 amide bonds. The van der Waals surface area contributed by atoms with E-state index in [-0.39, 0.29) is 11.9 Å². The predicted octanol–water partition coefficient (Wildman–Crippen LogP) is 2.46. The molecule has 2 bridgehead atoms. The molecule has 1 aromatic carbocycles. The minimum atomic E-state index is -0.544. The molecule has 0 saturated carbocycles. The van der Waals surface area contributed by atoms with Gasteiger partial charge in [0, 0.05) is 12.6 Å². The quantitative estimate of drug-likeness (QED) is 0.846. The second-order valence-corrected chi connectivity index (χ2v) is 7.85. The molecular formula is C19H21N3O3S. The largest absolute Gasteiger partial charge is 0.446 e. The van der Waals surface area contributed by atoms with Crippen LogP contribution in [0.5, 0.6) is 10.8 Å². The lowest BCUT2D eigenvalue weighted by molar-refractivity contribution is 0.0622. The average Bonchev–Trinajstić information content (AvgIpc) is 3.12. The number of hydrogen-bond donors (Lipinski definition) is 2. The van der Waals surface area contributed by atoms with E-state index < -0.39 is 5.91 Å². The highest BCUT2D eigenvalue weighted by atomic mass is 32.1. The molecule has 26 heavy (non-hydrogen) atoms. The van der Waals surface area contributed by atoms with E-state index in [9.17, 15) is 9.59 Å². The summed E-state index contributed by atoms with van der Waals surface area (Å²) in [4.78, 5) is 27.1. The number of fused-ring (bicyclic) bond motifs is 3. The van der Waals surface area contributed by atoms with E-state index >= 15 is 0 Å². The van der Waals surface area contributed by atoms with E-state index in [1.54, 1.807) is 36.4 Å². The Balaban J connectivity index is 1.43. The van der Waals surface area contributed by atoms with Crippen molar-refractivity contribution in [3.63, 3.8) is 0 Å². The molecule has 3 aliphatic heterocycles. The highest BCUT2D eigenvalue weighted by Gasteiger charge is 2.35. The van der Waals surface area contributed by atoms with Gasteiger partial charge in [0.1, 0.15) is 5.75 Å². The fourth-order valence-electron chi connectivity index (χ4n) is 3.73. The Hall–Kier alpha value is -2.38. The Morgan fingerprint density at radius 1 is 1.15 bits per heavy atom. The Labute approximate surface area is 155 Å². The van der Waals surface area contributed by atoms with E-state index in [0.29, 0.717) is 27.2 Å². The summed E-state index contributed by atoms with van der Waals surface area (Å²) in [5.74, 6) is 0.373. The van der Waals surface area contributed by atoms with Gasteiger partial charge in [-0.15, -0.1) is 0 Å². The number of piperidine rings is 3. The van der Waals surface area contributed by atoms with Crippen molar-refractivity contribution in [2.45, 2.75) is 18.9 Å². The number of ether oxygens (including phenoxy) is 1. The van der Waals surface area contributed by atoms with Crippen LogP contribution in [0.25, 0.3) is 0 Å². The highest BCUT2D eigenvalue weighted by Crippen LogP contribution is 2.32. The predicted molar refractivity (Wildman–Crippen MR) is 99.8 cm³/mol. The zero-order valence-corrected chi connectivity index (χ0v) is 15.1. The first-order chi connectivity index (χ1) is 12.6. The van der Waals surface area contributed by atoms with E-state index in [0.717, 1.165) is 32.5 Å². The molecule has 2 aromatic rings. The minimum absolute atomic E-state index is 0.0632. The molecule has 3 aliphatic rings. The number of nitrogens with zero attached hydrogens (tertiary/aromatic N) is 1. The number of thiophene rings is 1. The van der Waals surface area contributed by atoms with E-state index in [1.165, 1.54) is 11.3 Å². The maximum absolute atomic E-state index is 12.6. The molecule has 136 valence electrons. The van der Waals surface area contributed by atoms with Crippen molar-refractivity contribution < 1.29 is 14.3 Å². The number of benzene rings is 1. The molecule has 5 rings (SSSR count). The molecule has 6 nitrogen and oxygen atoms in total. The highest BCUT2D eigenvalue weighted by molar-refractivity contribution is 7.15. The molecule has 7 heteroatoms. The first-order valence-electron chi connectivity index (χ1n) is 8.80.